The molecule has 0 saturated carbocycles. The summed E-state index contributed by atoms with van der Waals surface area (Å²) in [6.07, 6.45) is 0.228. The normalized spacial score (nSPS) is 14.9. The summed E-state index contributed by atoms with van der Waals surface area (Å²) in [5.74, 6) is -4.16. The number of hydrogen-bond acceptors (Lipinski definition) is 7. The molecule has 0 aromatic carbocycles. The van der Waals surface area contributed by atoms with Gasteiger partial charge in [0.05, 0.1) is 6.04 Å². The highest BCUT2D eigenvalue weighted by Gasteiger charge is 2.31. The Bertz CT molecular complexity index is 588. The summed E-state index contributed by atoms with van der Waals surface area (Å²) in [7, 11) is 0. The van der Waals surface area contributed by atoms with Crippen LogP contribution in [-0.4, -0.2) is 65.1 Å². The number of rotatable bonds is 13. The molecule has 4 amide bonds. The van der Waals surface area contributed by atoms with Crippen LogP contribution < -0.4 is 27.4 Å². The number of nitrogens with two attached hydrogens (primary N) is 2. The number of aliphatic carboxylic acids is 1. The van der Waals surface area contributed by atoms with Gasteiger partial charge in [0.15, 0.2) is 0 Å². The van der Waals surface area contributed by atoms with E-state index >= 15 is 0 Å². The number of carboxylic acid groups (broad SMARTS) is 1. The van der Waals surface area contributed by atoms with Crippen molar-refractivity contribution < 1.29 is 29.1 Å². The lowest BCUT2D eigenvalue weighted by Gasteiger charge is -2.27. The van der Waals surface area contributed by atoms with E-state index in [1.807, 2.05) is 6.92 Å². The predicted molar refractivity (Wildman–Crippen MR) is 104 cm³/mol. The molecule has 4 atom stereocenters. The fourth-order valence-electron chi connectivity index (χ4n) is 2.15. The van der Waals surface area contributed by atoms with E-state index < -0.39 is 54.3 Å². The molecular formula is C16H29N5O6S. The first-order valence-electron chi connectivity index (χ1n) is 8.78. The SMILES string of the molecule is CCC(C)C(NC(=O)C(N)CS)C(=O)NC(CCC(N)=O)C(=O)NCC(=O)O. The summed E-state index contributed by atoms with van der Waals surface area (Å²) in [5, 5.41) is 15.8. The molecule has 0 aliphatic rings. The zero-order valence-electron chi connectivity index (χ0n) is 15.9. The Hall–Kier alpha value is -2.34. The molecule has 28 heavy (non-hydrogen) atoms. The van der Waals surface area contributed by atoms with Crippen molar-refractivity contribution in [2.75, 3.05) is 12.3 Å². The number of nitrogens with one attached hydrogen (secondary N) is 3. The monoisotopic (exact) mass is 419 g/mol. The van der Waals surface area contributed by atoms with Gasteiger partial charge in [-0.1, -0.05) is 20.3 Å². The molecule has 8 N–H and O–H groups in total. The van der Waals surface area contributed by atoms with Crippen LogP contribution >= 0.6 is 12.6 Å². The van der Waals surface area contributed by atoms with Crippen molar-refractivity contribution in [2.45, 2.75) is 51.2 Å². The number of thiol groups is 1. The van der Waals surface area contributed by atoms with Crippen LogP contribution in [-0.2, 0) is 24.0 Å². The van der Waals surface area contributed by atoms with Gasteiger partial charge in [0, 0.05) is 12.2 Å². The van der Waals surface area contributed by atoms with Crippen LogP contribution in [0.3, 0.4) is 0 Å². The van der Waals surface area contributed by atoms with E-state index in [2.05, 4.69) is 28.6 Å². The molecule has 0 fully saturated rings. The minimum absolute atomic E-state index is 0.0828. The van der Waals surface area contributed by atoms with Crippen LogP contribution in [0.15, 0.2) is 0 Å². The van der Waals surface area contributed by atoms with Crippen molar-refractivity contribution in [3.05, 3.63) is 0 Å². The van der Waals surface area contributed by atoms with E-state index in [-0.39, 0.29) is 24.5 Å². The maximum atomic E-state index is 12.7. The highest BCUT2D eigenvalue weighted by atomic mass is 32.1. The number of primary amides is 1. The Kier molecular flexibility index (Phi) is 11.9. The lowest BCUT2D eigenvalue weighted by molar-refractivity contribution is -0.139. The van der Waals surface area contributed by atoms with E-state index in [1.165, 1.54) is 0 Å². The first-order chi connectivity index (χ1) is 13.0. The molecule has 11 nitrogen and oxygen atoms in total. The van der Waals surface area contributed by atoms with Crippen molar-refractivity contribution in [1.82, 2.24) is 16.0 Å². The van der Waals surface area contributed by atoms with E-state index in [4.69, 9.17) is 16.6 Å². The van der Waals surface area contributed by atoms with Gasteiger partial charge >= 0.3 is 5.97 Å². The fraction of sp³-hybridized carbons (Fsp3) is 0.688. The van der Waals surface area contributed by atoms with Gasteiger partial charge in [0.25, 0.3) is 0 Å². The lowest BCUT2D eigenvalue weighted by atomic mass is 9.97. The van der Waals surface area contributed by atoms with Crippen molar-refractivity contribution >= 4 is 42.2 Å². The van der Waals surface area contributed by atoms with Crippen LogP contribution in [0.4, 0.5) is 0 Å². The van der Waals surface area contributed by atoms with Crippen LogP contribution in [0.5, 0.6) is 0 Å². The average molecular weight is 420 g/mol. The molecule has 0 heterocycles. The second-order valence-corrected chi connectivity index (χ2v) is 6.70. The molecule has 160 valence electrons. The summed E-state index contributed by atoms with van der Waals surface area (Å²) in [5.41, 5.74) is 10.7. The first kappa shape index (κ1) is 25.7. The number of hydrogen-bond donors (Lipinski definition) is 7. The standard InChI is InChI=1S/C16H29N5O6S/c1-3-8(2)13(21-14(25)9(17)7-28)16(27)20-10(4-5-11(18)22)15(26)19-6-12(23)24/h8-10,13,28H,3-7,17H2,1-2H3,(H2,18,22)(H,19,26)(H,20,27)(H,21,25)(H,23,24). The highest BCUT2D eigenvalue weighted by Crippen LogP contribution is 2.10. The summed E-state index contributed by atoms with van der Waals surface area (Å²) in [6, 6.07) is -3.08. The summed E-state index contributed by atoms with van der Waals surface area (Å²) in [4.78, 5) is 58.6. The minimum Gasteiger partial charge on any atom is -0.480 e. The minimum atomic E-state index is -1.26. The average Bonchev–Trinajstić information content (AvgIpc) is 2.65. The molecular weight excluding hydrogens is 390 g/mol. The number of carbonyl (C=O) groups excluding carboxylic acids is 4. The van der Waals surface area contributed by atoms with Gasteiger partial charge in [-0.25, -0.2) is 0 Å². The Morgan fingerprint density at radius 3 is 2.14 bits per heavy atom. The molecule has 4 unspecified atom stereocenters. The van der Waals surface area contributed by atoms with Crippen LogP contribution in [0.1, 0.15) is 33.1 Å². The largest absolute Gasteiger partial charge is 0.480 e. The molecule has 0 radical (unpaired) electrons. The van der Waals surface area contributed by atoms with Gasteiger partial charge < -0.3 is 32.5 Å². The predicted octanol–water partition coefficient (Wildman–Crippen LogP) is -2.27. The van der Waals surface area contributed by atoms with Gasteiger partial charge in [-0.2, -0.15) is 12.6 Å². The first-order valence-corrected chi connectivity index (χ1v) is 9.41. The van der Waals surface area contributed by atoms with Gasteiger partial charge in [-0.15, -0.1) is 0 Å². The Morgan fingerprint density at radius 1 is 1.07 bits per heavy atom. The number of carboxylic acids is 1. The quantitative estimate of drug-likeness (QED) is 0.163. The third-order valence-corrected chi connectivity index (χ3v) is 4.45. The fourth-order valence-corrected chi connectivity index (χ4v) is 2.31. The summed E-state index contributed by atoms with van der Waals surface area (Å²) < 4.78 is 0. The smallest absolute Gasteiger partial charge is 0.322 e. The topological polar surface area (TPSA) is 194 Å². The van der Waals surface area contributed by atoms with Crippen LogP contribution in [0.25, 0.3) is 0 Å². The molecule has 0 aromatic rings. The molecule has 0 spiro atoms. The van der Waals surface area contributed by atoms with Gasteiger partial charge in [-0.3, -0.25) is 24.0 Å². The van der Waals surface area contributed by atoms with Crippen molar-refractivity contribution in [3.8, 4) is 0 Å². The van der Waals surface area contributed by atoms with Crippen molar-refractivity contribution in [1.29, 1.82) is 0 Å². The van der Waals surface area contributed by atoms with Gasteiger partial charge in [-0.05, 0) is 12.3 Å². The molecule has 0 aliphatic heterocycles. The second-order valence-electron chi connectivity index (χ2n) is 6.34. The summed E-state index contributed by atoms with van der Waals surface area (Å²) in [6.45, 7) is 2.91. The van der Waals surface area contributed by atoms with Crippen LogP contribution in [0.2, 0.25) is 0 Å². The summed E-state index contributed by atoms with van der Waals surface area (Å²) >= 11 is 3.94. The van der Waals surface area contributed by atoms with Crippen LogP contribution in [0, 0.1) is 5.92 Å². The molecule has 0 bridgehead atoms. The Labute approximate surface area is 168 Å². The van der Waals surface area contributed by atoms with E-state index in [9.17, 15) is 24.0 Å². The second kappa shape index (κ2) is 12.9. The maximum absolute atomic E-state index is 12.7. The molecule has 0 aliphatic carbocycles. The van der Waals surface area contributed by atoms with Gasteiger partial charge in [0.2, 0.25) is 23.6 Å². The number of carbonyl (C=O) groups is 5. The third-order valence-electron chi connectivity index (χ3n) is 4.05. The molecule has 0 saturated heterocycles. The lowest BCUT2D eigenvalue weighted by Crippen LogP contribution is -2.58. The molecule has 0 aromatic heterocycles. The van der Waals surface area contributed by atoms with E-state index in [0.717, 1.165) is 0 Å². The Balaban J connectivity index is 5.30. The zero-order valence-corrected chi connectivity index (χ0v) is 16.8. The third kappa shape index (κ3) is 9.55. The Morgan fingerprint density at radius 2 is 1.68 bits per heavy atom. The highest BCUT2D eigenvalue weighted by molar-refractivity contribution is 7.80. The van der Waals surface area contributed by atoms with Crippen molar-refractivity contribution in [2.24, 2.45) is 17.4 Å². The molecule has 12 heteroatoms. The van der Waals surface area contributed by atoms with Gasteiger partial charge in [0.1, 0.15) is 18.6 Å². The van der Waals surface area contributed by atoms with Crippen molar-refractivity contribution in [3.63, 3.8) is 0 Å². The number of amides is 4. The maximum Gasteiger partial charge on any atom is 0.322 e. The van der Waals surface area contributed by atoms with E-state index in [1.54, 1.807) is 6.92 Å². The zero-order chi connectivity index (χ0) is 21.9. The van der Waals surface area contributed by atoms with E-state index in [0.29, 0.717) is 6.42 Å². The molecule has 0 rings (SSSR count).